The largest absolute Gasteiger partial charge is 0.341 e. The number of amides is 1. The summed E-state index contributed by atoms with van der Waals surface area (Å²) in [4.78, 5) is 21.5. The number of carbonyl (C=O) groups excluding carboxylic acids is 1. The van der Waals surface area contributed by atoms with Gasteiger partial charge in [0.15, 0.2) is 0 Å². The van der Waals surface area contributed by atoms with Crippen molar-refractivity contribution in [2.24, 2.45) is 5.92 Å². The van der Waals surface area contributed by atoms with Crippen LogP contribution in [0.25, 0.3) is 0 Å². The molecule has 1 saturated heterocycles. The fourth-order valence-electron chi connectivity index (χ4n) is 4.32. The minimum atomic E-state index is 0.206. The number of aryl methyl sites for hydroxylation is 1. The highest BCUT2D eigenvalue weighted by atomic mass is 16.2. The van der Waals surface area contributed by atoms with Gasteiger partial charge in [0.1, 0.15) is 0 Å². The number of likely N-dealkylation sites (tertiary alicyclic amines) is 1. The standard InChI is InChI=1S/C20H31N3O/c1-16-14-17(8-11-21-16)15-22(2)20(24)18-9-12-23(13-10-18)19-6-4-3-5-7-19/h8,11,14,18-19H,3-7,9-10,12-13,15H2,1-2H3. The Balaban J connectivity index is 1.49. The van der Waals surface area contributed by atoms with E-state index in [1.807, 2.05) is 31.1 Å². The molecule has 0 atom stereocenters. The molecule has 4 heteroatoms. The van der Waals surface area contributed by atoms with Gasteiger partial charge in [-0.1, -0.05) is 19.3 Å². The minimum Gasteiger partial charge on any atom is -0.341 e. The Labute approximate surface area is 146 Å². The average Bonchev–Trinajstić information content (AvgIpc) is 2.62. The number of hydrogen-bond donors (Lipinski definition) is 0. The van der Waals surface area contributed by atoms with Crippen LogP contribution in [-0.2, 0) is 11.3 Å². The molecule has 3 rings (SSSR count). The van der Waals surface area contributed by atoms with Crippen LogP contribution in [0.2, 0.25) is 0 Å². The molecular weight excluding hydrogens is 298 g/mol. The first kappa shape index (κ1) is 17.4. The summed E-state index contributed by atoms with van der Waals surface area (Å²) in [6, 6.07) is 4.85. The van der Waals surface area contributed by atoms with Crippen LogP contribution in [0.1, 0.15) is 56.2 Å². The molecule has 0 aromatic carbocycles. The van der Waals surface area contributed by atoms with Crippen LogP contribution >= 0.6 is 0 Å². The average molecular weight is 329 g/mol. The second-order valence-electron chi connectivity index (χ2n) is 7.60. The molecule has 1 aliphatic carbocycles. The van der Waals surface area contributed by atoms with E-state index in [0.717, 1.165) is 43.2 Å². The molecule has 132 valence electrons. The lowest BCUT2D eigenvalue weighted by Gasteiger charge is -2.39. The van der Waals surface area contributed by atoms with Crippen LogP contribution in [-0.4, -0.2) is 46.9 Å². The highest BCUT2D eigenvalue weighted by Gasteiger charge is 2.30. The lowest BCUT2D eigenvalue weighted by Crippen LogP contribution is -2.45. The molecule has 2 aliphatic rings. The molecule has 2 fully saturated rings. The van der Waals surface area contributed by atoms with Crippen molar-refractivity contribution < 1.29 is 4.79 Å². The van der Waals surface area contributed by atoms with E-state index in [1.165, 1.54) is 32.1 Å². The van der Waals surface area contributed by atoms with E-state index >= 15 is 0 Å². The zero-order valence-corrected chi connectivity index (χ0v) is 15.2. The molecule has 0 radical (unpaired) electrons. The van der Waals surface area contributed by atoms with Gasteiger partial charge in [0.2, 0.25) is 5.91 Å². The van der Waals surface area contributed by atoms with E-state index in [4.69, 9.17) is 0 Å². The van der Waals surface area contributed by atoms with Crippen LogP contribution in [0.4, 0.5) is 0 Å². The van der Waals surface area contributed by atoms with Crippen molar-refractivity contribution >= 4 is 5.91 Å². The first-order valence-corrected chi connectivity index (χ1v) is 9.54. The number of rotatable bonds is 4. The van der Waals surface area contributed by atoms with Crippen molar-refractivity contribution in [1.29, 1.82) is 0 Å². The van der Waals surface area contributed by atoms with Gasteiger partial charge in [-0.15, -0.1) is 0 Å². The quantitative estimate of drug-likeness (QED) is 0.849. The maximum Gasteiger partial charge on any atom is 0.225 e. The summed E-state index contributed by atoms with van der Waals surface area (Å²) >= 11 is 0. The van der Waals surface area contributed by atoms with Crippen molar-refractivity contribution in [1.82, 2.24) is 14.8 Å². The first-order valence-electron chi connectivity index (χ1n) is 9.54. The molecule has 0 unspecified atom stereocenters. The molecule has 1 saturated carbocycles. The third kappa shape index (κ3) is 4.35. The van der Waals surface area contributed by atoms with Crippen molar-refractivity contribution in [2.45, 2.75) is 64.5 Å². The summed E-state index contributed by atoms with van der Waals surface area (Å²) in [5.74, 6) is 0.519. The second kappa shape index (κ2) is 8.11. The Morgan fingerprint density at radius 1 is 1.21 bits per heavy atom. The number of aromatic nitrogens is 1. The molecular formula is C20H31N3O. The topological polar surface area (TPSA) is 36.4 Å². The molecule has 1 amide bonds. The van der Waals surface area contributed by atoms with Gasteiger partial charge in [-0.2, -0.15) is 0 Å². The Bertz CT molecular complexity index is 546. The summed E-state index contributed by atoms with van der Waals surface area (Å²) in [6.45, 7) is 4.88. The third-order valence-electron chi connectivity index (χ3n) is 5.73. The smallest absolute Gasteiger partial charge is 0.225 e. The number of nitrogens with zero attached hydrogens (tertiary/aromatic N) is 3. The number of pyridine rings is 1. The highest BCUT2D eigenvalue weighted by Crippen LogP contribution is 2.28. The van der Waals surface area contributed by atoms with Crippen LogP contribution in [0, 0.1) is 12.8 Å². The Morgan fingerprint density at radius 3 is 2.58 bits per heavy atom. The number of hydrogen-bond acceptors (Lipinski definition) is 3. The first-order chi connectivity index (χ1) is 11.6. The normalized spacial score (nSPS) is 20.9. The van der Waals surface area contributed by atoms with E-state index in [2.05, 4.69) is 16.0 Å². The molecule has 2 heterocycles. The van der Waals surface area contributed by atoms with Gasteiger partial charge < -0.3 is 9.80 Å². The molecule has 1 aromatic rings. The molecule has 0 bridgehead atoms. The number of piperidine rings is 1. The van der Waals surface area contributed by atoms with Crippen molar-refractivity contribution in [2.75, 3.05) is 20.1 Å². The van der Waals surface area contributed by atoms with Gasteiger partial charge in [0, 0.05) is 37.4 Å². The van der Waals surface area contributed by atoms with Gasteiger partial charge >= 0.3 is 0 Å². The predicted molar refractivity (Wildman–Crippen MR) is 96.6 cm³/mol. The predicted octanol–water partition coefficient (Wildman–Crippen LogP) is 3.39. The van der Waals surface area contributed by atoms with E-state index in [0.29, 0.717) is 12.5 Å². The van der Waals surface area contributed by atoms with Gasteiger partial charge in [0.05, 0.1) is 0 Å². The fraction of sp³-hybridized carbons (Fsp3) is 0.700. The second-order valence-corrected chi connectivity index (χ2v) is 7.60. The van der Waals surface area contributed by atoms with Crippen molar-refractivity contribution in [3.05, 3.63) is 29.6 Å². The maximum atomic E-state index is 12.8. The van der Waals surface area contributed by atoms with Crippen LogP contribution in [0.3, 0.4) is 0 Å². The van der Waals surface area contributed by atoms with E-state index < -0.39 is 0 Å². The minimum absolute atomic E-state index is 0.206. The summed E-state index contributed by atoms with van der Waals surface area (Å²) in [5, 5.41) is 0. The number of carbonyl (C=O) groups is 1. The van der Waals surface area contributed by atoms with Crippen LogP contribution in [0.15, 0.2) is 18.3 Å². The molecule has 1 aliphatic heterocycles. The summed E-state index contributed by atoms with van der Waals surface area (Å²) in [6.07, 6.45) is 10.8. The highest BCUT2D eigenvalue weighted by molar-refractivity contribution is 5.78. The van der Waals surface area contributed by atoms with E-state index in [1.54, 1.807) is 0 Å². The van der Waals surface area contributed by atoms with Crippen molar-refractivity contribution in [3.8, 4) is 0 Å². The van der Waals surface area contributed by atoms with Gasteiger partial charge in [-0.25, -0.2) is 0 Å². The summed E-state index contributed by atoms with van der Waals surface area (Å²) < 4.78 is 0. The lowest BCUT2D eigenvalue weighted by atomic mass is 9.89. The maximum absolute atomic E-state index is 12.8. The monoisotopic (exact) mass is 329 g/mol. The van der Waals surface area contributed by atoms with Crippen LogP contribution in [0.5, 0.6) is 0 Å². The van der Waals surface area contributed by atoms with Crippen LogP contribution < -0.4 is 0 Å². The van der Waals surface area contributed by atoms with E-state index in [-0.39, 0.29) is 5.92 Å². The zero-order chi connectivity index (χ0) is 16.9. The Kier molecular flexibility index (Phi) is 5.88. The van der Waals surface area contributed by atoms with Gasteiger partial charge in [0.25, 0.3) is 0 Å². The molecule has 1 aromatic heterocycles. The van der Waals surface area contributed by atoms with Gasteiger partial charge in [-0.05, 0) is 63.4 Å². The summed E-state index contributed by atoms with van der Waals surface area (Å²) in [5.41, 5.74) is 2.17. The SMILES string of the molecule is Cc1cc(CN(C)C(=O)C2CCN(C3CCCCC3)CC2)ccn1. The van der Waals surface area contributed by atoms with E-state index in [9.17, 15) is 4.79 Å². The molecule has 4 nitrogen and oxygen atoms in total. The summed E-state index contributed by atoms with van der Waals surface area (Å²) in [7, 11) is 1.94. The molecule has 24 heavy (non-hydrogen) atoms. The fourth-order valence-corrected chi connectivity index (χ4v) is 4.32. The third-order valence-corrected chi connectivity index (χ3v) is 5.73. The Morgan fingerprint density at radius 2 is 1.92 bits per heavy atom. The zero-order valence-electron chi connectivity index (χ0n) is 15.2. The van der Waals surface area contributed by atoms with Gasteiger partial charge in [-0.3, -0.25) is 9.78 Å². The molecule has 0 N–H and O–H groups in total. The Hall–Kier alpha value is -1.42. The molecule has 0 spiro atoms. The lowest BCUT2D eigenvalue weighted by molar-refractivity contribution is -0.136. The van der Waals surface area contributed by atoms with Crippen molar-refractivity contribution in [3.63, 3.8) is 0 Å².